The summed E-state index contributed by atoms with van der Waals surface area (Å²) in [6, 6.07) is 0. The van der Waals surface area contributed by atoms with Crippen molar-refractivity contribution in [1.82, 2.24) is 5.12 Å². The van der Waals surface area contributed by atoms with Crippen LogP contribution in [0.1, 0.15) is 13.3 Å². The SMILES string of the molecule is B/C=C/N(N)/N=C\CC. The highest BCUT2D eigenvalue weighted by Gasteiger charge is 1.77. The number of rotatable bonds is 3. The molecule has 0 saturated carbocycles. The molecule has 0 rings (SSSR count). The summed E-state index contributed by atoms with van der Waals surface area (Å²) in [7, 11) is 1.89. The highest BCUT2D eigenvalue weighted by Crippen LogP contribution is 1.78. The Morgan fingerprint density at radius 1 is 1.78 bits per heavy atom. The molecule has 0 aromatic rings. The van der Waals surface area contributed by atoms with Gasteiger partial charge in [0.05, 0.1) is 0 Å². The molecule has 0 aliphatic carbocycles. The van der Waals surface area contributed by atoms with Crippen molar-refractivity contribution in [2.24, 2.45) is 10.9 Å². The fraction of sp³-hybridized carbons (Fsp3) is 0.400. The van der Waals surface area contributed by atoms with Gasteiger partial charge < -0.3 is 0 Å². The first-order chi connectivity index (χ1) is 4.31. The molecule has 0 unspecified atom stereocenters. The van der Waals surface area contributed by atoms with E-state index >= 15 is 0 Å². The maximum atomic E-state index is 5.32. The van der Waals surface area contributed by atoms with E-state index in [-0.39, 0.29) is 0 Å². The quantitative estimate of drug-likeness (QED) is 0.242. The lowest BCUT2D eigenvalue weighted by Gasteiger charge is -2.02. The number of hydrogen-bond acceptors (Lipinski definition) is 3. The Hall–Kier alpha value is -0.765. The van der Waals surface area contributed by atoms with E-state index in [9.17, 15) is 0 Å². The van der Waals surface area contributed by atoms with Gasteiger partial charge >= 0.3 is 0 Å². The summed E-state index contributed by atoms with van der Waals surface area (Å²) in [5.74, 6) is 7.15. The molecule has 0 bridgehead atoms. The smallest absolute Gasteiger partial charge is 0.131 e. The Morgan fingerprint density at radius 2 is 2.44 bits per heavy atom. The fourth-order valence-corrected chi connectivity index (χ4v) is 0.367. The Balaban J connectivity index is 3.48. The summed E-state index contributed by atoms with van der Waals surface area (Å²) < 4.78 is 0. The van der Waals surface area contributed by atoms with Gasteiger partial charge in [0.2, 0.25) is 0 Å². The van der Waals surface area contributed by atoms with Crippen LogP contribution in [0.15, 0.2) is 17.3 Å². The normalized spacial score (nSPS) is 11.3. The largest absolute Gasteiger partial charge is 0.227 e. The van der Waals surface area contributed by atoms with Crippen LogP contribution in [0, 0.1) is 0 Å². The second-order valence-corrected chi connectivity index (χ2v) is 1.57. The van der Waals surface area contributed by atoms with Crippen molar-refractivity contribution in [1.29, 1.82) is 0 Å². The van der Waals surface area contributed by atoms with E-state index in [0.29, 0.717) is 0 Å². The summed E-state index contributed by atoms with van der Waals surface area (Å²) in [5.41, 5.74) is 0. The summed E-state index contributed by atoms with van der Waals surface area (Å²) in [5, 5.41) is 5.11. The third-order valence-electron chi connectivity index (χ3n) is 0.699. The lowest BCUT2D eigenvalue weighted by atomic mass is 10.2. The molecule has 0 heterocycles. The lowest BCUT2D eigenvalue weighted by molar-refractivity contribution is 0.422. The summed E-state index contributed by atoms with van der Waals surface area (Å²) in [6.07, 6.45) is 4.34. The zero-order chi connectivity index (χ0) is 7.11. The molecule has 3 nitrogen and oxygen atoms in total. The first kappa shape index (κ1) is 8.23. The third-order valence-corrected chi connectivity index (χ3v) is 0.699. The van der Waals surface area contributed by atoms with Crippen molar-refractivity contribution in [3.05, 3.63) is 12.2 Å². The first-order valence-electron chi connectivity index (χ1n) is 3.00. The highest BCUT2D eigenvalue weighted by molar-refractivity contribution is 6.16. The average Bonchev–Trinajstić information content (AvgIpc) is 1.85. The molecule has 0 spiro atoms. The van der Waals surface area contributed by atoms with Crippen LogP contribution in [-0.2, 0) is 0 Å². The Kier molecular flexibility index (Phi) is 4.92. The highest BCUT2D eigenvalue weighted by atomic mass is 15.6. The number of nitrogens with two attached hydrogens (primary N) is 1. The van der Waals surface area contributed by atoms with E-state index in [1.807, 2.05) is 20.7 Å². The third kappa shape index (κ3) is 5.10. The van der Waals surface area contributed by atoms with Crippen molar-refractivity contribution in [2.45, 2.75) is 13.3 Å². The van der Waals surface area contributed by atoms with Gasteiger partial charge in [0.1, 0.15) is 7.85 Å². The molecular formula is C5H12BN3. The second-order valence-electron chi connectivity index (χ2n) is 1.57. The van der Waals surface area contributed by atoms with Crippen LogP contribution >= 0.6 is 0 Å². The van der Waals surface area contributed by atoms with Gasteiger partial charge in [-0.2, -0.15) is 5.10 Å². The van der Waals surface area contributed by atoms with E-state index in [2.05, 4.69) is 5.10 Å². The molecule has 50 valence electrons. The number of hydrogen-bond donors (Lipinski definition) is 1. The minimum Gasteiger partial charge on any atom is -0.227 e. The molecule has 0 saturated heterocycles. The molecule has 9 heavy (non-hydrogen) atoms. The van der Waals surface area contributed by atoms with Crippen molar-refractivity contribution in [2.75, 3.05) is 0 Å². The molecule has 0 atom stereocenters. The van der Waals surface area contributed by atoms with Crippen LogP contribution in [0.2, 0.25) is 0 Å². The van der Waals surface area contributed by atoms with Crippen LogP contribution < -0.4 is 5.84 Å². The monoisotopic (exact) mass is 125 g/mol. The van der Waals surface area contributed by atoms with E-state index in [1.165, 1.54) is 5.12 Å². The van der Waals surface area contributed by atoms with E-state index in [0.717, 1.165) is 6.42 Å². The molecule has 2 N–H and O–H groups in total. The van der Waals surface area contributed by atoms with Gasteiger partial charge in [0.25, 0.3) is 0 Å². The van der Waals surface area contributed by atoms with Crippen molar-refractivity contribution in [3.8, 4) is 0 Å². The van der Waals surface area contributed by atoms with Crippen LogP contribution in [0.25, 0.3) is 0 Å². The standard InChI is InChI=1S/C5H12BN3/c1-2-4-8-9(7)5-3-6/h3-5H,2,6-7H2,1H3/b5-3+,8-4-. The number of hydrazone groups is 1. The Labute approximate surface area is 56.6 Å². The minimum atomic E-state index is 0.908. The fourth-order valence-electron chi connectivity index (χ4n) is 0.367. The van der Waals surface area contributed by atoms with Crippen molar-refractivity contribution >= 4 is 14.1 Å². The maximum absolute atomic E-state index is 5.32. The van der Waals surface area contributed by atoms with Crippen LogP contribution in [-0.4, -0.2) is 19.2 Å². The summed E-state index contributed by atoms with van der Waals surface area (Å²) >= 11 is 0. The van der Waals surface area contributed by atoms with Gasteiger partial charge in [0.15, 0.2) is 0 Å². The van der Waals surface area contributed by atoms with Crippen LogP contribution in [0.4, 0.5) is 0 Å². The van der Waals surface area contributed by atoms with Crippen molar-refractivity contribution < 1.29 is 0 Å². The van der Waals surface area contributed by atoms with Gasteiger partial charge in [-0.25, -0.2) is 11.0 Å². The molecule has 0 radical (unpaired) electrons. The van der Waals surface area contributed by atoms with Gasteiger partial charge in [-0.05, 0) is 6.42 Å². The zero-order valence-electron chi connectivity index (χ0n) is 5.91. The molecule has 4 heteroatoms. The Morgan fingerprint density at radius 3 is 2.89 bits per heavy atom. The second kappa shape index (κ2) is 5.37. The number of nitrogens with zero attached hydrogens (tertiary/aromatic N) is 2. The average molecular weight is 125 g/mol. The predicted octanol–water partition coefficient (Wildman–Crippen LogP) is -0.338. The lowest BCUT2D eigenvalue weighted by Crippen LogP contribution is -2.17. The van der Waals surface area contributed by atoms with Gasteiger partial charge in [-0.1, -0.05) is 6.92 Å². The van der Waals surface area contributed by atoms with E-state index < -0.39 is 0 Å². The van der Waals surface area contributed by atoms with Gasteiger partial charge in [-0.3, -0.25) is 0 Å². The van der Waals surface area contributed by atoms with Gasteiger partial charge in [-0.15, -0.1) is 5.98 Å². The summed E-state index contributed by atoms with van der Waals surface area (Å²) in [4.78, 5) is 0. The first-order valence-corrected chi connectivity index (χ1v) is 3.00. The summed E-state index contributed by atoms with van der Waals surface area (Å²) in [6.45, 7) is 2.01. The molecule has 0 aliphatic rings. The number of hydrazine groups is 1. The molecule has 0 aromatic heterocycles. The predicted molar refractivity (Wildman–Crippen MR) is 42.5 cm³/mol. The maximum Gasteiger partial charge on any atom is 0.131 e. The van der Waals surface area contributed by atoms with E-state index in [1.54, 1.807) is 12.4 Å². The van der Waals surface area contributed by atoms with Crippen LogP contribution in [0.3, 0.4) is 0 Å². The van der Waals surface area contributed by atoms with Crippen molar-refractivity contribution in [3.63, 3.8) is 0 Å². The molecule has 0 aliphatic heterocycles. The molecule has 0 aromatic carbocycles. The Bertz CT molecular complexity index is 111. The minimum absolute atomic E-state index is 0.908. The topological polar surface area (TPSA) is 41.6 Å². The van der Waals surface area contributed by atoms with Crippen LogP contribution in [0.5, 0.6) is 0 Å². The van der Waals surface area contributed by atoms with Gasteiger partial charge in [0, 0.05) is 12.4 Å². The molecule has 0 amide bonds. The zero-order valence-corrected chi connectivity index (χ0v) is 5.91. The van der Waals surface area contributed by atoms with E-state index in [4.69, 9.17) is 5.84 Å². The molecule has 0 fully saturated rings. The molecular weight excluding hydrogens is 113 g/mol.